The molecule has 74 valence electrons. The van der Waals surface area contributed by atoms with Crippen molar-refractivity contribution in [2.45, 2.75) is 38.5 Å². The van der Waals surface area contributed by atoms with Gasteiger partial charge in [0.1, 0.15) is 0 Å². The monoisotopic (exact) mass is 185 g/mol. The minimum Gasteiger partial charge on any atom is -0.390 e. The highest BCUT2D eigenvalue weighted by atomic mass is 16.5. The summed E-state index contributed by atoms with van der Waals surface area (Å²) < 4.78 is 5.39. The van der Waals surface area contributed by atoms with Crippen LogP contribution in [0.5, 0.6) is 0 Å². The molecule has 0 spiro atoms. The van der Waals surface area contributed by atoms with Crippen LogP contribution in [0.15, 0.2) is 5.11 Å². The van der Waals surface area contributed by atoms with Gasteiger partial charge in [0.05, 0.1) is 24.9 Å². The zero-order valence-electron chi connectivity index (χ0n) is 7.92. The van der Waals surface area contributed by atoms with E-state index in [4.69, 9.17) is 10.3 Å². The number of aliphatic hydroxyl groups excluding tert-OH is 1. The van der Waals surface area contributed by atoms with E-state index in [2.05, 4.69) is 10.0 Å². The zero-order chi connectivity index (χ0) is 9.84. The average Bonchev–Trinajstić information content (AvgIpc) is 2.12. The second-order valence-electron chi connectivity index (χ2n) is 3.44. The van der Waals surface area contributed by atoms with Gasteiger partial charge in [0.25, 0.3) is 0 Å². The SMILES string of the molecule is CCC1OCC(C)[C@@H](N=[N+]=[N-])[C@H]1O. The molecule has 2 unspecified atom stereocenters. The third-order valence-electron chi connectivity index (χ3n) is 2.47. The van der Waals surface area contributed by atoms with Crippen LogP contribution < -0.4 is 0 Å². The first-order valence-corrected chi connectivity index (χ1v) is 4.54. The summed E-state index contributed by atoms with van der Waals surface area (Å²) in [6.45, 7) is 4.41. The maximum atomic E-state index is 9.74. The fraction of sp³-hybridized carbons (Fsp3) is 1.00. The molecule has 4 atom stereocenters. The molecule has 0 amide bonds. The van der Waals surface area contributed by atoms with Crippen molar-refractivity contribution in [1.82, 2.24) is 0 Å². The molecular weight excluding hydrogens is 170 g/mol. The Hall–Kier alpha value is -0.770. The standard InChI is InChI=1S/C8H15N3O2/c1-3-6-8(12)7(10-11-9)5(2)4-13-6/h5-8,12H,3-4H2,1-2H3/t5?,6?,7-,8+/m1/s1. The van der Waals surface area contributed by atoms with Gasteiger partial charge in [-0.3, -0.25) is 0 Å². The van der Waals surface area contributed by atoms with E-state index in [9.17, 15) is 5.11 Å². The minimum absolute atomic E-state index is 0.0914. The Labute approximate surface area is 77.3 Å². The van der Waals surface area contributed by atoms with E-state index in [1.165, 1.54) is 0 Å². The number of nitrogens with zero attached hydrogens (tertiary/aromatic N) is 3. The topological polar surface area (TPSA) is 78.2 Å². The van der Waals surface area contributed by atoms with Crippen LogP contribution >= 0.6 is 0 Å². The van der Waals surface area contributed by atoms with Crippen molar-refractivity contribution in [1.29, 1.82) is 0 Å². The van der Waals surface area contributed by atoms with Crippen molar-refractivity contribution < 1.29 is 9.84 Å². The smallest absolute Gasteiger partial charge is 0.0889 e. The average molecular weight is 185 g/mol. The van der Waals surface area contributed by atoms with E-state index in [1.54, 1.807) is 0 Å². The maximum Gasteiger partial charge on any atom is 0.0889 e. The molecule has 0 bridgehead atoms. The molecule has 1 rings (SSSR count). The third kappa shape index (κ3) is 2.12. The Bertz CT molecular complexity index is 215. The Morgan fingerprint density at radius 3 is 2.92 bits per heavy atom. The van der Waals surface area contributed by atoms with Crippen molar-refractivity contribution in [3.8, 4) is 0 Å². The van der Waals surface area contributed by atoms with E-state index in [-0.39, 0.29) is 18.1 Å². The first kappa shape index (κ1) is 10.3. The number of rotatable bonds is 2. The number of ether oxygens (including phenoxy) is 1. The summed E-state index contributed by atoms with van der Waals surface area (Å²) in [5, 5.41) is 13.3. The molecule has 5 nitrogen and oxygen atoms in total. The molecule has 1 fully saturated rings. The molecule has 0 aromatic heterocycles. The normalized spacial score (nSPS) is 39.6. The third-order valence-corrected chi connectivity index (χ3v) is 2.47. The molecule has 1 saturated heterocycles. The number of hydrogen-bond donors (Lipinski definition) is 1. The van der Waals surface area contributed by atoms with E-state index >= 15 is 0 Å². The largest absolute Gasteiger partial charge is 0.390 e. The van der Waals surface area contributed by atoms with Crippen molar-refractivity contribution in [2.75, 3.05) is 6.61 Å². The van der Waals surface area contributed by atoms with Crippen LogP contribution in [-0.2, 0) is 4.74 Å². The van der Waals surface area contributed by atoms with Crippen LogP contribution in [0, 0.1) is 5.92 Å². The molecule has 1 aliphatic heterocycles. The molecule has 0 aliphatic carbocycles. The molecule has 1 aliphatic rings. The van der Waals surface area contributed by atoms with Gasteiger partial charge in [-0.25, -0.2) is 0 Å². The highest BCUT2D eigenvalue weighted by Gasteiger charge is 2.35. The predicted octanol–water partition coefficient (Wildman–Crippen LogP) is 1.47. The minimum atomic E-state index is -0.662. The Balaban J connectivity index is 2.71. The van der Waals surface area contributed by atoms with E-state index in [1.807, 2.05) is 13.8 Å². The van der Waals surface area contributed by atoms with Gasteiger partial charge in [0, 0.05) is 4.91 Å². The second kappa shape index (κ2) is 4.46. The van der Waals surface area contributed by atoms with Gasteiger partial charge < -0.3 is 9.84 Å². The second-order valence-corrected chi connectivity index (χ2v) is 3.44. The van der Waals surface area contributed by atoms with Crippen molar-refractivity contribution in [2.24, 2.45) is 11.0 Å². The number of aliphatic hydroxyl groups is 1. The van der Waals surface area contributed by atoms with E-state index < -0.39 is 6.10 Å². The maximum absolute atomic E-state index is 9.74. The molecule has 5 heteroatoms. The molecule has 13 heavy (non-hydrogen) atoms. The fourth-order valence-electron chi connectivity index (χ4n) is 1.63. The van der Waals surface area contributed by atoms with Crippen molar-refractivity contribution in [3.05, 3.63) is 10.4 Å². The highest BCUT2D eigenvalue weighted by Crippen LogP contribution is 2.24. The lowest BCUT2D eigenvalue weighted by atomic mass is 9.91. The summed E-state index contributed by atoms with van der Waals surface area (Å²) in [7, 11) is 0. The number of hydrogen-bond acceptors (Lipinski definition) is 3. The van der Waals surface area contributed by atoms with E-state index in [0.29, 0.717) is 6.61 Å². The van der Waals surface area contributed by atoms with Crippen LogP contribution in [0.3, 0.4) is 0 Å². The summed E-state index contributed by atoms with van der Waals surface area (Å²) in [6, 6.07) is -0.344. The van der Waals surface area contributed by atoms with Gasteiger partial charge >= 0.3 is 0 Å². The Morgan fingerprint density at radius 1 is 1.69 bits per heavy atom. The first-order chi connectivity index (χ1) is 6.20. The Morgan fingerprint density at radius 2 is 2.38 bits per heavy atom. The van der Waals surface area contributed by atoms with Crippen LogP contribution in [0.1, 0.15) is 20.3 Å². The summed E-state index contributed by atoms with van der Waals surface area (Å²) in [4.78, 5) is 2.74. The molecule has 1 heterocycles. The molecule has 0 radical (unpaired) electrons. The van der Waals surface area contributed by atoms with Gasteiger partial charge in [0.2, 0.25) is 0 Å². The number of azide groups is 1. The van der Waals surface area contributed by atoms with Gasteiger partial charge in [0.15, 0.2) is 0 Å². The van der Waals surface area contributed by atoms with Gasteiger partial charge in [-0.15, -0.1) is 0 Å². The van der Waals surface area contributed by atoms with Crippen molar-refractivity contribution in [3.63, 3.8) is 0 Å². The lowest BCUT2D eigenvalue weighted by molar-refractivity contribution is -0.106. The predicted molar refractivity (Wildman–Crippen MR) is 48.1 cm³/mol. The molecule has 1 N–H and O–H groups in total. The molecule has 0 saturated carbocycles. The van der Waals surface area contributed by atoms with Crippen molar-refractivity contribution >= 4 is 0 Å². The van der Waals surface area contributed by atoms with Crippen LogP contribution in [0.4, 0.5) is 0 Å². The Kier molecular flexibility index (Phi) is 3.54. The zero-order valence-corrected chi connectivity index (χ0v) is 7.92. The quantitative estimate of drug-likeness (QED) is 0.401. The summed E-state index contributed by atoms with van der Waals surface area (Å²) in [5.74, 6) is 0.0914. The lowest BCUT2D eigenvalue weighted by Crippen LogP contribution is -2.47. The molecular formula is C8H15N3O2. The highest BCUT2D eigenvalue weighted by molar-refractivity contribution is 4.89. The first-order valence-electron chi connectivity index (χ1n) is 4.54. The molecule has 0 aromatic carbocycles. The lowest BCUT2D eigenvalue weighted by Gasteiger charge is -2.36. The van der Waals surface area contributed by atoms with E-state index in [0.717, 1.165) is 6.42 Å². The molecule has 0 aromatic rings. The summed E-state index contributed by atoms with van der Waals surface area (Å²) >= 11 is 0. The van der Waals surface area contributed by atoms with Gasteiger partial charge in [-0.1, -0.05) is 19.0 Å². The van der Waals surface area contributed by atoms with Crippen LogP contribution in [0.2, 0.25) is 0 Å². The fourth-order valence-corrected chi connectivity index (χ4v) is 1.63. The van der Waals surface area contributed by atoms with Crippen LogP contribution in [-0.4, -0.2) is 30.0 Å². The summed E-state index contributed by atoms with van der Waals surface area (Å²) in [6.07, 6.45) is -0.109. The van der Waals surface area contributed by atoms with Gasteiger partial charge in [-0.05, 0) is 17.9 Å². The van der Waals surface area contributed by atoms with Gasteiger partial charge in [-0.2, -0.15) is 0 Å². The van der Waals surface area contributed by atoms with Crippen LogP contribution in [0.25, 0.3) is 10.4 Å². The summed E-state index contributed by atoms with van der Waals surface area (Å²) in [5.41, 5.74) is 8.32.